The van der Waals surface area contributed by atoms with E-state index in [2.05, 4.69) is 42.8 Å². The van der Waals surface area contributed by atoms with Crippen LogP contribution in [0.5, 0.6) is 0 Å². The molecule has 1 aliphatic rings. The van der Waals surface area contributed by atoms with E-state index >= 15 is 0 Å². The Bertz CT molecular complexity index is 832. The van der Waals surface area contributed by atoms with Gasteiger partial charge in [-0.1, -0.05) is 0 Å². The number of aromatic amines is 1. The standard InChI is InChI=1S/C17H20N6/c1-12-9-14(21-11-20-12)13-10-19-17-16(13)15(3-4-18-17)23-7-5-22(2)6-8-23/h3-4,9-11H,5-8H2,1-2H3,(H,18,19). The zero-order chi connectivity index (χ0) is 15.8. The predicted octanol–water partition coefficient (Wildman–Crippen LogP) is 2.08. The molecule has 0 unspecified atom stereocenters. The highest BCUT2D eigenvalue weighted by Gasteiger charge is 2.20. The minimum Gasteiger partial charge on any atom is -0.368 e. The molecule has 1 saturated heterocycles. The first kappa shape index (κ1) is 14.1. The van der Waals surface area contributed by atoms with E-state index in [1.54, 1.807) is 6.33 Å². The number of H-pyrrole nitrogens is 1. The summed E-state index contributed by atoms with van der Waals surface area (Å²) in [5, 5.41) is 1.15. The van der Waals surface area contributed by atoms with E-state index < -0.39 is 0 Å². The molecule has 0 bridgehead atoms. The van der Waals surface area contributed by atoms with Crippen LogP contribution < -0.4 is 4.90 Å². The van der Waals surface area contributed by atoms with Gasteiger partial charge in [0.2, 0.25) is 0 Å². The summed E-state index contributed by atoms with van der Waals surface area (Å²) in [6, 6.07) is 4.13. The van der Waals surface area contributed by atoms with E-state index in [1.165, 1.54) is 5.69 Å². The van der Waals surface area contributed by atoms with Gasteiger partial charge < -0.3 is 14.8 Å². The Morgan fingerprint density at radius 2 is 1.91 bits per heavy atom. The molecule has 3 aromatic rings. The number of anilines is 1. The summed E-state index contributed by atoms with van der Waals surface area (Å²) in [5.74, 6) is 0. The highest BCUT2D eigenvalue weighted by Crippen LogP contribution is 2.34. The minimum absolute atomic E-state index is 0.910. The molecule has 6 nitrogen and oxygen atoms in total. The Balaban J connectivity index is 1.84. The summed E-state index contributed by atoms with van der Waals surface area (Å²) in [6.07, 6.45) is 5.50. The molecule has 1 N–H and O–H groups in total. The van der Waals surface area contributed by atoms with Crippen LogP contribution in [0.1, 0.15) is 5.69 Å². The average Bonchev–Trinajstić information content (AvgIpc) is 3.00. The lowest BCUT2D eigenvalue weighted by molar-refractivity contribution is 0.313. The third kappa shape index (κ3) is 2.55. The van der Waals surface area contributed by atoms with Crippen molar-refractivity contribution in [2.45, 2.75) is 6.92 Å². The number of hydrogen-bond acceptors (Lipinski definition) is 5. The maximum Gasteiger partial charge on any atom is 0.140 e. The van der Waals surface area contributed by atoms with Gasteiger partial charge in [0.05, 0.1) is 16.8 Å². The Hall–Kier alpha value is -2.47. The lowest BCUT2D eigenvalue weighted by atomic mass is 10.1. The number of fused-ring (bicyclic) bond motifs is 1. The van der Waals surface area contributed by atoms with Crippen LogP contribution in [-0.2, 0) is 0 Å². The van der Waals surface area contributed by atoms with Crippen molar-refractivity contribution in [1.29, 1.82) is 0 Å². The van der Waals surface area contributed by atoms with Gasteiger partial charge in [-0.3, -0.25) is 0 Å². The SMILES string of the molecule is Cc1cc(-c2c[nH]c3nccc(N4CCN(C)CC4)c23)ncn1. The second-order valence-electron chi connectivity index (χ2n) is 6.09. The van der Waals surface area contributed by atoms with Crippen LogP contribution in [0.4, 0.5) is 5.69 Å². The van der Waals surface area contributed by atoms with Crippen LogP contribution in [-0.4, -0.2) is 58.1 Å². The van der Waals surface area contributed by atoms with Crippen LogP contribution >= 0.6 is 0 Å². The number of pyridine rings is 1. The summed E-state index contributed by atoms with van der Waals surface area (Å²) in [5.41, 5.74) is 5.14. The fourth-order valence-electron chi connectivity index (χ4n) is 3.15. The van der Waals surface area contributed by atoms with Crippen LogP contribution in [0.3, 0.4) is 0 Å². The second kappa shape index (κ2) is 5.62. The third-order valence-corrected chi connectivity index (χ3v) is 4.48. The zero-order valence-electron chi connectivity index (χ0n) is 13.5. The average molecular weight is 308 g/mol. The highest BCUT2D eigenvalue weighted by molar-refractivity contribution is 6.01. The van der Waals surface area contributed by atoms with E-state index in [-0.39, 0.29) is 0 Å². The molecule has 0 amide bonds. The van der Waals surface area contributed by atoms with Crippen LogP contribution in [0.2, 0.25) is 0 Å². The lowest BCUT2D eigenvalue weighted by Gasteiger charge is -2.34. The van der Waals surface area contributed by atoms with Gasteiger partial charge in [0.15, 0.2) is 0 Å². The molecule has 1 fully saturated rings. The monoisotopic (exact) mass is 308 g/mol. The van der Waals surface area contributed by atoms with Crippen molar-refractivity contribution in [2.24, 2.45) is 0 Å². The number of likely N-dealkylation sites (N-methyl/N-ethyl adjacent to an activating group) is 1. The number of hydrogen-bond donors (Lipinski definition) is 1. The molecule has 0 radical (unpaired) electrons. The molecule has 3 aromatic heterocycles. The van der Waals surface area contributed by atoms with Crippen molar-refractivity contribution in [1.82, 2.24) is 24.8 Å². The van der Waals surface area contributed by atoms with Crippen molar-refractivity contribution in [3.63, 3.8) is 0 Å². The quantitative estimate of drug-likeness (QED) is 0.785. The maximum absolute atomic E-state index is 4.48. The first-order chi connectivity index (χ1) is 11.2. The van der Waals surface area contributed by atoms with Crippen LogP contribution in [0, 0.1) is 6.92 Å². The molecule has 0 aromatic carbocycles. The molecule has 4 rings (SSSR count). The molecule has 4 heterocycles. The molecule has 0 atom stereocenters. The van der Waals surface area contributed by atoms with Gasteiger partial charge >= 0.3 is 0 Å². The number of nitrogens with zero attached hydrogens (tertiary/aromatic N) is 5. The number of aryl methyl sites for hydroxylation is 1. The fraction of sp³-hybridized carbons (Fsp3) is 0.353. The number of rotatable bonds is 2. The van der Waals surface area contributed by atoms with E-state index in [4.69, 9.17) is 0 Å². The van der Waals surface area contributed by atoms with E-state index in [9.17, 15) is 0 Å². The Kier molecular flexibility index (Phi) is 3.46. The van der Waals surface area contributed by atoms with Crippen molar-refractivity contribution >= 4 is 16.7 Å². The van der Waals surface area contributed by atoms with Gasteiger partial charge in [0.1, 0.15) is 12.0 Å². The molecule has 0 aliphatic carbocycles. The van der Waals surface area contributed by atoms with Crippen LogP contribution in [0.15, 0.2) is 30.9 Å². The summed E-state index contributed by atoms with van der Waals surface area (Å²) in [4.78, 5) is 21.2. The third-order valence-electron chi connectivity index (χ3n) is 4.48. The number of nitrogens with one attached hydrogen (secondary N) is 1. The van der Waals surface area contributed by atoms with Gasteiger partial charge in [-0.2, -0.15) is 0 Å². The van der Waals surface area contributed by atoms with E-state index in [0.717, 1.165) is 54.2 Å². The smallest absolute Gasteiger partial charge is 0.140 e. The normalized spacial score (nSPS) is 16.2. The largest absolute Gasteiger partial charge is 0.368 e. The van der Waals surface area contributed by atoms with Gasteiger partial charge in [-0.15, -0.1) is 0 Å². The molecule has 118 valence electrons. The molecule has 6 heteroatoms. The first-order valence-corrected chi connectivity index (χ1v) is 7.91. The van der Waals surface area contributed by atoms with Crippen molar-refractivity contribution in [3.05, 3.63) is 36.5 Å². The van der Waals surface area contributed by atoms with Gasteiger partial charge in [0, 0.05) is 49.8 Å². The molecular formula is C17H20N6. The highest BCUT2D eigenvalue weighted by atomic mass is 15.2. The van der Waals surface area contributed by atoms with Gasteiger partial charge in [-0.05, 0) is 26.1 Å². The first-order valence-electron chi connectivity index (χ1n) is 7.91. The minimum atomic E-state index is 0.910. The van der Waals surface area contributed by atoms with Crippen LogP contribution in [0.25, 0.3) is 22.3 Å². The summed E-state index contributed by atoms with van der Waals surface area (Å²) >= 11 is 0. The van der Waals surface area contributed by atoms with Crippen molar-refractivity contribution < 1.29 is 0 Å². The summed E-state index contributed by atoms with van der Waals surface area (Å²) < 4.78 is 0. The van der Waals surface area contributed by atoms with Gasteiger partial charge in [0.25, 0.3) is 0 Å². The van der Waals surface area contributed by atoms with Crippen molar-refractivity contribution in [2.75, 3.05) is 38.1 Å². The van der Waals surface area contributed by atoms with Gasteiger partial charge in [-0.25, -0.2) is 15.0 Å². The molecule has 23 heavy (non-hydrogen) atoms. The maximum atomic E-state index is 4.48. The Labute approximate surface area is 135 Å². The molecule has 0 spiro atoms. The molecule has 0 saturated carbocycles. The number of piperazine rings is 1. The summed E-state index contributed by atoms with van der Waals surface area (Å²) in [7, 11) is 2.17. The molecule has 1 aliphatic heterocycles. The summed E-state index contributed by atoms with van der Waals surface area (Å²) in [6.45, 7) is 6.21. The second-order valence-corrected chi connectivity index (χ2v) is 6.09. The predicted molar refractivity (Wildman–Crippen MR) is 91.6 cm³/mol. The van der Waals surface area contributed by atoms with E-state index in [1.807, 2.05) is 25.4 Å². The number of aromatic nitrogens is 4. The zero-order valence-corrected chi connectivity index (χ0v) is 13.5. The fourth-order valence-corrected chi connectivity index (χ4v) is 3.15. The topological polar surface area (TPSA) is 60.9 Å². The van der Waals surface area contributed by atoms with E-state index in [0.29, 0.717) is 0 Å². The molecular weight excluding hydrogens is 288 g/mol. The Morgan fingerprint density at radius 3 is 2.70 bits per heavy atom. The lowest BCUT2D eigenvalue weighted by Crippen LogP contribution is -2.44. The Morgan fingerprint density at radius 1 is 1.09 bits per heavy atom. The van der Waals surface area contributed by atoms with Crippen molar-refractivity contribution in [3.8, 4) is 11.3 Å².